The van der Waals surface area contributed by atoms with E-state index in [1.165, 1.54) is 5.56 Å². The normalized spacial score (nSPS) is 15.2. The Bertz CT molecular complexity index is 991. The molecule has 1 fully saturated rings. The Morgan fingerprint density at radius 2 is 1.87 bits per heavy atom. The molecule has 1 aromatic carbocycles. The van der Waals surface area contributed by atoms with E-state index in [4.69, 9.17) is 14.2 Å². The van der Waals surface area contributed by atoms with Crippen molar-refractivity contribution in [3.05, 3.63) is 42.5 Å². The highest BCUT2D eigenvalue weighted by Gasteiger charge is 2.23. The van der Waals surface area contributed by atoms with E-state index in [-0.39, 0.29) is 0 Å². The smallest absolute Gasteiger partial charge is 0.205 e. The zero-order chi connectivity index (χ0) is 20.9. The van der Waals surface area contributed by atoms with Gasteiger partial charge in [0.1, 0.15) is 17.7 Å². The van der Waals surface area contributed by atoms with E-state index in [0.29, 0.717) is 28.8 Å². The summed E-state index contributed by atoms with van der Waals surface area (Å²) in [6, 6.07) is 6.35. The number of anilines is 1. The fourth-order valence-electron chi connectivity index (χ4n) is 3.96. The molecule has 0 spiro atoms. The number of nitrogens with one attached hydrogen (secondary N) is 1. The number of piperidine rings is 1. The van der Waals surface area contributed by atoms with Gasteiger partial charge >= 0.3 is 0 Å². The van der Waals surface area contributed by atoms with Crippen LogP contribution >= 0.6 is 0 Å². The van der Waals surface area contributed by atoms with Gasteiger partial charge in [0.2, 0.25) is 5.75 Å². The van der Waals surface area contributed by atoms with Crippen molar-refractivity contribution < 1.29 is 14.2 Å². The molecule has 8 nitrogen and oxygen atoms in total. The topological polar surface area (TPSA) is 81.6 Å². The Hall–Kier alpha value is -3.13. The van der Waals surface area contributed by atoms with Crippen LogP contribution in [0.2, 0.25) is 0 Å². The average molecular weight is 409 g/mol. The number of pyridine rings is 1. The minimum Gasteiger partial charge on any atom is -0.493 e. The average Bonchev–Trinajstić information content (AvgIpc) is 2.80. The van der Waals surface area contributed by atoms with Gasteiger partial charge in [-0.1, -0.05) is 6.07 Å². The number of methoxy groups -OCH3 is 3. The summed E-state index contributed by atoms with van der Waals surface area (Å²) in [6.45, 7) is 2.98. The molecule has 158 valence electrons. The van der Waals surface area contributed by atoms with Gasteiger partial charge in [0.05, 0.1) is 26.7 Å². The van der Waals surface area contributed by atoms with Crippen molar-refractivity contribution in [3.63, 3.8) is 0 Å². The highest BCUT2D eigenvalue weighted by molar-refractivity contribution is 5.96. The molecule has 1 saturated heterocycles. The van der Waals surface area contributed by atoms with E-state index in [0.717, 1.165) is 43.7 Å². The fourth-order valence-corrected chi connectivity index (χ4v) is 3.96. The van der Waals surface area contributed by atoms with Gasteiger partial charge in [-0.3, -0.25) is 9.88 Å². The van der Waals surface area contributed by atoms with Gasteiger partial charge in [0.25, 0.3) is 0 Å². The first-order valence-electron chi connectivity index (χ1n) is 10.0. The highest BCUT2D eigenvalue weighted by atomic mass is 16.5. The number of likely N-dealkylation sites (tertiary alicyclic amines) is 1. The lowest BCUT2D eigenvalue weighted by molar-refractivity contribution is 0.211. The molecule has 30 heavy (non-hydrogen) atoms. The molecular formula is C22H27N5O3. The van der Waals surface area contributed by atoms with E-state index >= 15 is 0 Å². The van der Waals surface area contributed by atoms with Crippen LogP contribution in [-0.4, -0.2) is 60.3 Å². The maximum Gasteiger partial charge on any atom is 0.205 e. The van der Waals surface area contributed by atoms with Crippen molar-refractivity contribution in [1.29, 1.82) is 0 Å². The summed E-state index contributed by atoms with van der Waals surface area (Å²) in [5.41, 5.74) is 1.94. The second kappa shape index (κ2) is 9.13. The number of rotatable bonds is 7. The third-order valence-electron chi connectivity index (χ3n) is 5.49. The first kappa shape index (κ1) is 20.2. The third-order valence-corrected chi connectivity index (χ3v) is 5.49. The predicted octanol–water partition coefficient (Wildman–Crippen LogP) is 3.13. The Balaban J connectivity index is 1.50. The highest BCUT2D eigenvalue weighted by Crippen LogP contribution is 2.43. The van der Waals surface area contributed by atoms with Gasteiger partial charge in [-0.05, 0) is 30.5 Å². The van der Waals surface area contributed by atoms with Crippen LogP contribution < -0.4 is 19.5 Å². The van der Waals surface area contributed by atoms with Gasteiger partial charge < -0.3 is 19.5 Å². The number of fused-ring (bicyclic) bond motifs is 1. The molecule has 3 heterocycles. The van der Waals surface area contributed by atoms with Crippen LogP contribution in [-0.2, 0) is 6.54 Å². The molecule has 0 unspecified atom stereocenters. The molecule has 8 heteroatoms. The Morgan fingerprint density at radius 3 is 2.53 bits per heavy atom. The zero-order valence-electron chi connectivity index (χ0n) is 17.6. The predicted molar refractivity (Wildman–Crippen MR) is 115 cm³/mol. The summed E-state index contributed by atoms with van der Waals surface area (Å²) < 4.78 is 16.6. The lowest BCUT2D eigenvalue weighted by atomic mass is 10.0. The fraction of sp³-hybridized carbons (Fsp3) is 0.409. The van der Waals surface area contributed by atoms with Crippen LogP contribution in [0.3, 0.4) is 0 Å². The van der Waals surface area contributed by atoms with Crippen molar-refractivity contribution in [2.75, 3.05) is 39.7 Å². The van der Waals surface area contributed by atoms with Crippen molar-refractivity contribution in [2.45, 2.75) is 25.4 Å². The van der Waals surface area contributed by atoms with Crippen LogP contribution in [0, 0.1) is 0 Å². The summed E-state index contributed by atoms with van der Waals surface area (Å²) in [6.07, 6.45) is 7.38. The van der Waals surface area contributed by atoms with Crippen molar-refractivity contribution in [3.8, 4) is 17.2 Å². The van der Waals surface area contributed by atoms with Crippen LogP contribution in [0.4, 0.5) is 5.82 Å². The molecule has 0 atom stereocenters. The van der Waals surface area contributed by atoms with Gasteiger partial charge in [-0.2, -0.15) is 0 Å². The first-order valence-corrected chi connectivity index (χ1v) is 10.0. The molecule has 1 N–H and O–H groups in total. The molecule has 0 bridgehead atoms. The second-order valence-electron chi connectivity index (χ2n) is 7.32. The van der Waals surface area contributed by atoms with Crippen LogP contribution in [0.5, 0.6) is 17.2 Å². The molecule has 2 aromatic heterocycles. The Labute approximate surface area is 176 Å². The largest absolute Gasteiger partial charge is 0.493 e. The molecule has 1 aliphatic heterocycles. The second-order valence-corrected chi connectivity index (χ2v) is 7.32. The minimum atomic E-state index is 0.340. The number of nitrogens with zero attached hydrogens (tertiary/aromatic N) is 4. The SMILES string of the molecule is COc1cc2c(NC3CCN(Cc4cccnc4)CC3)ncnc2c(OC)c1OC. The third kappa shape index (κ3) is 4.09. The summed E-state index contributed by atoms with van der Waals surface area (Å²) in [4.78, 5) is 15.6. The van der Waals surface area contributed by atoms with E-state index in [1.54, 1.807) is 27.7 Å². The number of ether oxygens (including phenoxy) is 3. The standard InChI is InChI=1S/C22H27N5O3/c1-28-18-11-17-19(21(30-3)20(18)29-2)24-14-25-22(17)26-16-6-9-27(10-7-16)13-15-5-4-8-23-12-15/h4-5,8,11-12,14,16H,6-7,9-10,13H2,1-3H3,(H,24,25,26). The van der Waals surface area contributed by atoms with Crippen LogP contribution in [0.15, 0.2) is 36.9 Å². The van der Waals surface area contributed by atoms with Crippen LogP contribution in [0.25, 0.3) is 10.9 Å². The summed E-state index contributed by atoms with van der Waals surface area (Å²) >= 11 is 0. The van der Waals surface area contributed by atoms with E-state index in [2.05, 4.69) is 31.2 Å². The number of hydrogen-bond donors (Lipinski definition) is 1. The summed E-state index contributed by atoms with van der Waals surface area (Å²) in [5, 5.41) is 4.46. The molecule has 3 aromatic rings. The van der Waals surface area contributed by atoms with Crippen molar-refractivity contribution in [1.82, 2.24) is 19.9 Å². The van der Waals surface area contributed by atoms with Crippen molar-refractivity contribution in [2.24, 2.45) is 0 Å². The molecule has 1 aliphatic rings. The first-order chi connectivity index (χ1) is 14.7. The quantitative estimate of drug-likeness (QED) is 0.637. The number of benzene rings is 1. The maximum atomic E-state index is 5.57. The lowest BCUT2D eigenvalue weighted by Crippen LogP contribution is -2.38. The number of hydrogen-bond acceptors (Lipinski definition) is 8. The van der Waals surface area contributed by atoms with Gasteiger partial charge in [-0.15, -0.1) is 0 Å². The van der Waals surface area contributed by atoms with Gasteiger partial charge in [0.15, 0.2) is 11.5 Å². The van der Waals surface area contributed by atoms with Gasteiger partial charge in [0, 0.05) is 38.1 Å². The van der Waals surface area contributed by atoms with Gasteiger partial charge in [-0.25, -0.2) is 9.97 Å². The maximum absolute atomic E-state index is 5.57. The summed E-state index contributed by atoms with van der Waals surface area (Å²) in [5.74, 6) is 2.44. The minimum absolute atomic E-state index is 0.340. The number of aromatic nitrogens is 3. The monoisotopic (exact) mass is 409 g/mol. The molecule has 0 amide bonds. The zero-order valence-corrected chi connectivity index (χ0v) is 17.6. The summed E-state index contributed by atoms with van der Waals surface area (Å²) in [7, 11) is 4.80. The van der Waals surface area contributed by atoms with E-state index in [1.807, 2.05) is 24.5 Å². The molecule has 0 saturated carbocycles. The van der Waals surface area contributed by atoms with Crippen molar-refractivity contribution >= 4 is 16.7 Å². The Kier molecular flexibility index (Phi) is 6.13. The molecule has 0 aliphatic carbocycles. The Morgan fingerprint density at radius 1 is 1.07 bits per heavy atom. The van der Waals surface area contributed by atoms with E-state index in [9.17, 15) is 0 Å². The van der Waals surface area contributed by atoms with E-state index < -0.39 is 0 Å². The molecule has 0 radical (unpaired) electrons. The lowest BCUT2D eigenvalue weighted by Gasteiger charge is -2.32. The molecular weight excluding hydrogens is 382 g/mol. The molecule has 4 rings (SSSR count). The van der Waals surface area contributed by atoms with Crippen LogP contribution in [0.1, 0.15) is 18.4 Å².